The number of nitro benzene ring substituents is 1. The molecule has 0 aliphatic heterocycles. The molecule has 0 radical (unpaired) electrons. The van der Waals surface area contributed by atoms with Crippen LogP contribution in [0.1, 0.15) is 5.56 Å². The Kier molecular flexibility index (Phi) is 3.26. The minimum Gasteiger partial charge on any atom is -0.258 e. The van der Waals surface area contributed by atoms with Crippen LogP contribution in [0.15, 0.2) is 42.5 Å². The zero-order chi connectivity index (χ0) is 13.1. The van der Waals surface area contributed by atoms with E-state index in [1.54, 1.807) is 30.3 Å². The van der Waals surface area contributed by atoms with E-state index >= 15 is 0 Å². The third-order valence-corrected chi connectivity index (χ3v) is 2.71. The number of nitro groups is 1. The van der Waals surface area contributed by atoms with Crippen LogP contribution in [0.25, 0.3) is 11.1 Å². The molecule has 0 aliphatic carbocycles. The van der Waals surface area contributed by atoms with Gasteiger partial charge in [-0.3, -0.25) is 10.1 Å². The molecule has 0 aromatic heterocycles. The van der Waals surface area contributed by atoms with Gasteiger partial charge < -0.3 is 0 Å². The Balaban J connectivity index is 2.59. The lowest BCUT2D eigenvalue weighted by atomic mass is 10.00. The van der Waals surface area contributed by atoms with E-state index < -0.39 is 4.92 Å². The van der Waals surface area contributed by atoms with Gasteiger partial charge in [-0.25, -0.2) is 0 Å². The number of rotatable bonds is 2. The van der Waals surface area contributed by atoms with Crippen LogP contribution in [0.2, 0.25) is 5.02 Å². The Morgan fingerprint density at radius 2 is 2.00 bits per heavy atom. The summed E-state index contributed by atoms with van der Waals surface area (Å²) in [5.41, 5.74) is 1.54. The molecule has 0 N–H and O–H groups in total. The molecule has 0 fully saturated rings. The van der Waals surface area contributed by atoms with Gasteiger partial charge in [0, 0.05) is 17.2 Å². The summed E-state index contributed by atoms with van der Waals surface area (Å²) in [5.74, 6) is 0. The fourth-order valence-electron chi connectivity index (χ4n) is 1.65. The zero-order valence-corrected chi connectivity index (χ0v) is 9.89. The van der Waals surface area contributed by atoms with Crippen LogP contribution in [0.5, 0.6) is 0 Å². The quantitative estimate of drug-likeness (QED) is 0.608. The molecule has 0 atom stereocenters. The molecule has 0 bridgehead atoms. The first kappa shape index (κ1) is 12.1. The van der Waals surface area contributed by atoms with Crippen molar-refractivity contribution in [1.29, 1.82) is 5.26 Å². The van der Waals surface area contributed by atoms with Crippen molar-refractivity contribution in [3.05, 3.63) is 63.2 Å². The van der Waals surface area contributed by atoms with Gasteiger partial charge in [0.1, 0.15) is 6.07 Å². The standard InChI is InChI=1S/C13H7ClN2O2/c14-11-3-1-2-9(6-11)13-5-4-12(16(17)18)7-10(13)8-15/h1-7H. The fourth-order valence-corrected chi connectivity index (χ4v) is 1.84. The number of hydrogen-bond donors (Lipinski definition) is 0. The van der Waals surface area contributed by atoms with E-state index in [1.807, 2.05) is 6.07 Å². The lowest BCUT2D eigenvalue weighted by Crippen LogP contribution is -1.91. The highest BCUT2D eigenvalue weighted by Crippen LogP contribution is 2.28. The molecule has 5 heteroatoms. The Bertz CT molecular complexity index is 662. The SMILES string of the molecule is N#Cc1cc([N+](=O)[O-])ccc1-c1cccc(Cl)c1. The van der Waals surface area contributed by atoms with Gasteiger partial charge in [0.2, 0.25) is 0 Å². The molecule has 2 aromatic rings. The van der Waals surface area contributed by atoms with Crippen molar-refractivity contribution in [1.82, 2.24) is 0 Å². The summed E-state index contributed by atoms with van der Waals surface area (Å²) < 4.78 is 0. The summed E-state index contributed by atoms with van der Waals surface area (Å²) in [5, 5.41) is 20.2. The molecule has 2 aromatic carbocycles. The van der Waals surface area contributed by atoms with Crippen LogP contribution in [0.3, 0.4) is 0 Å². The second-order valence-corrected chi connectivity index (χ2v) is 4.05. The van der Waals surface area contributed by atoms with Crippen LogP contribution in [-0.2, 0) is 0 Å². The van der Waals surface area contributed by atoms with Gasteiger partial charge in [-0.05, 0) is 29.3 Å². The van der Waals surface area contributed by atoms with E-state index in [-0.39, 0.29) is 11.3 Å². The molecule has 0 saturated carbocycles. The average Bonchev–Trinajstić information content (AvgIpc) is 2.37. The van der Waals surface area contributed by atoms with Crippen LogP contribution >= 0.6 is 11.6 Å². The van der Waals surface area contributed by atoms with Crippen molar-refractivity contribution in [2.45, 2.75) is 0 Å². The molecule has 4 nitrogen and oxygen atoms in total. The van der Waals surface area contributed by atoms with E-state index in [2.05, 4.69) is 0 Å². The third kappa shape index (κ3) is 2.31. The van der Waals surface area contributed by atoms with Gasteiger partial charge in [0.25, 0.3) is 5.69 Å². The number of nitrogens with zero attached hydrogens (tertiary/aromatic N) is 2. The van der Waals surface area contributed by atoms with E-state index in [0.717, 1.165) is 5.56 Å². The molecule has 0 heterocycles. The monoisotopic (exact) mass is 258 g/mol. The van der Waals surface area contributed by atoms with Gasteiger partial charge in [0.15, 0.2) is 0 Å². The zero-order valence-electron chi connectivity index (χ0n) is 9.13. The molecular formula is C13H7ClN2O2. The third-order valence-electron chi connectivity index (χ3n) is 2.47. The Morgan fingerprint density at radius 3 is 2.61 bits per heavy atom. The summed E-state index contributed by atoms with van der Waals surface area (Å²) in [7, 11) is 0. The number of non-ortho nitro benzene ring substituents is 1. The van der Waals surface area contributed by atoms with Crippen LogP contribution in [-0.4, -0.2) is 4.92 Å². The maximum Gasteiger partial charge on any atom is 0.270 e. The Hall–Kier alpha value is -2.38. The lowest BCUT2D eigenvalue weighted by Gasteiger charge is -2.04. The number of nitriles is 1. The van der Waals surface area contributed by atoms with Crippen molar-refractivity contribution in [2.75, 3.05) is 0 Å². The Labute approximate surface area is 108 Å². The minimum absolute atomic E-state index is 0.0997. The van der Waals surface area contributed by atoms with Crippen molar-refractivity contribution in [3.8, 4) is 17.2 Å². The second-order valence-electron chi connectivity index (χ2n) is 3.61. The first-order valence-electron chi connectivity index (χ1n) is 5.06. The van der Waals surface area contributed by atoms with Crippen molar-refractivity contribution in [2.24, 2.45) is 0 Å². The summed E-state index contributed by atoms with van der Waals surface area (Å²) in [6.07, 6.45) is 0. The van der Waals surface area contributed by atoms with Crippen LogP contribution in [0.4, 0.5) is 5.69 Å². The normalized spacial score (nSPS) is 9.78. The summed E-state index contributed by atoms with van der Waals surface area (Å²) >= 11 is 5.88. The molecule has 18 heavy (non-hydrogen) atoms. The molecule has 0 aliphatic rings. The molecule has 0 amide bonds. The van der Waals surface area contributed by atoms with E-state index in [0.29, 0.717) is 10.6 Å². The van der Waals surface area contributed by atoms with Gasteiger partial charge in [-0.15, -0.1) is 0 Å². The maximum absolute atomic E-state index is 10.6. The van der Waals surface area contributed by atoms with Gasteiger partial charge in [-0.1, -0.05) is 23.7 Å². The summed E-state index contributed by atoms with van der Waals surface area (Å²) in [4.78, 5) is 10.1. The van der Waals surface area contributed by atoms with Gasteiger partial charge in [-0.2, -0.15) is 5.26 Å². The first-order chi connectivity index (χ1) is 8.61. The molecule has 2 rings (SSSR count). The molecule has 0 unspecified atom stereocenters. The van der Waals surface area contributed by atoms with E-state index in [4.69, 9.17) is 16.9 Å². The predicted octanol–water partition coefficient (Wildman–Crippen LogP) is 3.79. The number of hydrogen-bond acceptors (Lipinski definition) is 3. The number of benzene rings is 2. The van der Waals surface area contributed by atoms with E-state index in [9.17, 15) is 10.1 Å². The summed E-state index contributed by atoms with van der Waals surface area (Å²) in [6.45, 7) is 0. The lowest BCUT2D eigenvalue weighted by molar-refractivity contribution is -0.384. The highest BCUT2D eigenvalue weighted by molar-refractivity contribution is 6.30. The van der Waals surface area contributed by atoms with Crippen molar-refractivity contribution >= 4 is 17.3 Å². The topological polar surface area (TPSA) is 66.9 Å². The average molecular weight is 259 g/mol. The minimum atomic E-state index is -0.525. The molecule has 88 valence electrons. The van der Waals surface area contributed by atoms with Crippen LogP contribution in [0, 0.1) is 21.4 Å². The van der Waals surface area contributed by atoms with Crippen molar-refractivity contribution < 1.29 is 4.92 Å². The van der Waals surface area contributed by atoms with Gasteiger partial charge >= 0.3 is 0 Å². The smallest absolute Gasteiger partial charge is 0.258 e. The first-order valence-corrected chi connectivity index (χ1v) is 5.44. The van der Waals surface area contributed by atoms with Crippen molar-refractivity contribution in [3.63, 3.8) is 0 Å². The largest absolute Gasteiger partial charge is 0.270 e. The second kappa shape index (κ2) is 4.86. The molecule has 0 saturated heterocycles. The highest BCUT2D eigenvalue weighted by Gasteiger charge is 2.11. The maximum atomic E-state index is 10.6. The predicted molar refractivity (Wildman–Crippen MR) is 68.3 cm³/mol. The fraction of sp³-hybridized carbons (Fsp3) is 0. The van der Waals surface area contributed by atoms with Gasteiger partial charge in [0.05, 0.1) is 10.5 Å². The highest BCUT2D eigenvalue weighted by atomic mass is 35.5. The van der Waals surface area contributed by atoms with Crippen LogP contribution < -0.4 is 0 Å². The summed E-state index contributed by atoms with van der Waals surface area (Å²) in [6, 6.07) is 13.2. The van der Waals surface area contributed by atoms with E-state index in [1.165, 1.54) is 12.1 Å². The Morgan fingerprint density at radius 1 is 1.22 bits per heavy atom. The molecular weight excluding hydrogens is 252 g/mol. The molecule has 0 spiro atoms. The number of halogens is 1.